The van der Waals surface area contributed by atoms with Gasteiger partial charge in [-0.05, 0) is 31.0 Å². The largest absolute Gasteiger partial charge is 0.454 e. The maximum absolute atomic E-state index is 9.95. The number of aliphatic hydroxyl groups excluding tert-OH is 1. The first-order valence-corrected chi connectivity index (χ1v) is 5.42. The monoisotopic (exact) mass is 243 g/mol. The summed E-state index contributed by atoms with van der Waals surface area (Å²) in [6, 6.07) is 1.37. The lowest BCUT2D eigenvalue weighted by molar-refractivity contribution is 0.152. The van der Waals surface area contributed by atoms with Crippen molar-refractivity contribution in [3.8, 4) is 11.5 Å². The summed E-state index contributed by atoms with van der Waals surface area (Å²) in [5.74, 6) is 1.10. The number of nitrogens with two attached hydrogens (primary N) is 1. The molecule has 5 heteroatoms. The fourth-order valence-corrected chi connectivity index (χ4v) is 1.96. The van der Waals surface area contributed by atoms with Gasteiger partial charge in [0, 0.05) is 6.04 Å². The van der Waals surface area contributed by atoms with Crippen LogP contribution in [0.15, 0.2) is 6.07 Å². The molecule has 4 nitrogen and oxygen atoms in total. The first-order chi connectivity index (χ1) is 7.52. The highest BCUT2D eigenvalue weighted by Gasteiger charge is 2.25. The Bertz CT molecular complexity index is 420. The Labute approximate surface area is 98.9 Å². The Hall–Kier alpha value is -0.970. The highest BCUT2D eigenvalue weighted by atomic mass is 35.5. The SMILES string of the molecule is Cc1c(C(O)C(C)N)cc2c(c1Cl)OCO2. The van der Waals surface area contributed by atoms with Crippen LogP contribution < -0.4 is 15.2 Å². The first-order valence-electron chi connectivity index (χ1n) is 5.04. The van der Waals surface area contributed by atoms with Crippen molar-refractivity contribution in [1.82, 2.24) is 0 Å². The fraction of sp³-hybridized carbons (Fsp3) is 0.455. The summed E-state index contributed by atoms with van der Waals surface area (Å²) < 4.78 is 10.5. The lowest BCUT2D eigenvalue weighted by Gasteiger charge is -2.18. The summed E-state index contributed by atoms with van der Waals surface area (Å²) in [6.07, 6.45) is -0.757. The van der Waals surface area contributed by atoms with E-state index in [0.29, 0.717) is 22.1 Å². The number of benzene rings is 1. The molecule has 2 atom stereocenters. The topological polar surface area (TPSA) is 64.7 Å². The molecule has 1 aromatic rings. The van der Waals surface area contributed by atoms with Gasteiger partial charge in [0.25, 0.3) is 0 Å². The zero-order valence-electron chi connectivity index (χ0n) is 9.16. The number of fused-ring (bicyclic) bond motifs is 1. The predicted molar refractivity (Wildman–Crippen MR) is 60.9 cm³/mol. The van der Waals surface area contributed by atoms with E-state index in [1.165, 1.54) is 0 Å². The molecule has 0 aliphatic carbocycles. The average molecular weight is 244 g/mol. The van der Waals surface area contributed by atoms with E-state index in [1.54, 1.807) is 13.0 Å². The highest BCUT2D eigenvalue weighted by Crippen LogP contribution is 2.44. The normalized spacial score (nSPS) is 17.3. The average Bonchev–Trinajstić information content (AvgIpc) is 2.70. The van der Waals surface area contributed by atoms with Crippen LogP contribution in [0.25, 0.3) is 0 Å². The summed E-state index contributed by atoms with van der Waals surface area (Å²) in [5.41, 5.74) is 7.13. The van der Waals surface area contributed by atoms with E-state index < -0.39 is 6.10 Å². The third-order valence-corrected chi connectivity index (χ3v) is 3.16. The van der Waals surface area contributed by atoms with Gasteiger partial charge in [0.1, 0.15) is 0 Å². The Kier molecular flexibility index (Phi) is 2.97. The molecule has 3 N–H and O–H groups in total. The van der Waals surface area contributed by atoms with Crippen LogP contribution in [0.2, 0.25) is 5.02 Å². The van der Waals surface area contributed by atoms with Crippen LogP contribution in [0.5, 0.6) is 11.5 Å². The molecule has 0 radical (unpaired) electrons. The molecule has 16 heavy (non-hydrogen) atoms. The van der Waals surface area contributed by atoms with Crippen molar-refractivity contribution in [1.29, 1.82) is 0 Å². The summed E-state index contributed by atoms with van der Waals surface area (Å²) in [6.45, 7) is 3.72. The Morgan fingerprint density at radius 2 is 2.19 bits per heavy atom. The van der Waals surface area contributed by atoms with Crippen LogP contribution >= 0.6 is 11.6 Å². The van der Waals surface area contributed by atoms with E-state index in [-0.39, 0.29) is 12.8 Å². The third-order valence-electron chi connectivity index (χ3n) is 2.71. The quantitative estimate of drug-likeness (QED) is 0.831. The summed E-state index contributed by atoms with van der Waals surface area (Å²) in [5, 5.41) is 10.4. The molecule has 1 aliphatic heterocycles. The lowest BCUT2D eigenvalue weighted by atomic mass is 9.98. The van der Waals surface area contributed by atoms with E-state index in [2.05, 4.69) is 0 Å². The number of hydrogen-bond acceptors (Lipinski definition) is 4. The van der Waals surface area contributed by atoms with E-state index in [9.17, 15) is 5.11 Å². The van der Waals surface area contributed by atoms with Crippen molar-refractivity contribution >= 4 is 11.6 Å². The van der Waals surface area contributed by atoms with Crippen molar-refractivity contribution < 1.29 is 14.6 Å². The van der Waals surface area contributed by atoms with Crippen molar-refractivity contribution in [2.24, 2.45) is 5.73 Å². The zero-order chi connectivity index (χ0) is 11.9. The molecule has 2 rings (SSSR count). The van der Waals surface area contributed by atoms with Crippen LogP contribution in [0.4, 0.5) is 0 Å². The molecule has 0 aromatic heterocycles. The molecular formula is C11H14ClNO3. The van der Waals surface area contributed by atoms with Crippen LogP contribution in [-0.2, 0) is 0 Å². The van der Waals surface area contributed by atoms with Crippen LogP contribution in [0.1, 0.15) is 24.2 Å². The van der Waals surface area contributed by atoms with Crippen molar-refractivity contribution in [3.63, 3.8) is 0 Å². The molecule has 2 unspecified atom stereocenters. The minimum absolute atomic E-state index is 0.159. The van der Waals surface area contributed by atoms with E-state index in [4.69, 9.17) is 26.8 Å². The standard InChI is InChI=1S/C11H14ClNO3/c1-5-7(10(14)6(2)13)3-8-11(9(5)12)16-4-15-8/h3,6,10,14H,4,13H2,1-2H3. The number of ether oxygens (including phenoxy) is 2. The van der Waals surface area contributed by atoms with Gasteiger partial charge in [-0.25, -0.2) is 0 Å². The van der Waals surface area contributed by atoms with Gasteiger partial charge in [-0.15, -0.1) is 0 Å². The van der Waals surface area contributed by atoms with Gasteiger partial charge >= 0.3 is 0 Å². The van der Waals surface area contributed by atoms with Gasteiger partial charge in [0.2, 0.25) is 6.79 Å². The van der Waals surface area contributed by atoms with Gasteiger partial charge < -0.3 is 20.3 Å². The minimum Gasteiger partial charge on any atom is -0.454 e. The smallest absolute Gasteiger partial charge is 0.231 e. The van der Waals surface area contributed by atoms with Crippen LogP contribution in [0.3, 0.4) is 0 Å². The van der Waals surface area contributed by atoms with Gasteiger partial charge in [0.15, 0.2) is 11.5 Å². The molecule has 0 saturated carbocycles. The summed E-state index contributed by atoms with van der Waals surface area (Å²) >= 11 is 6.14. The number of aliphatic hydroxyl groups is 1. The van der Waals surface area contributed by atoms with Gasteiger partial charge in [0.05, 0.1) is 11.1 Å². The first kappa shape index (κ1) is 11.5. The van der Waals surface area contributed by atoms with Crippen LogP contribution in [-0.4, -0.2) is 17.9 Å². The second-order valence-electron chi connectivity index (χ2n) is 3.94. The summed E-state index contributed by atoms with van der Waals surface area (Å²) in [7, 11) is 0. The van der Waals surface area contributed by atoms with Gasteiger partial charge in [-0.1, -0.05) is 11.6 Å². The molecule has 0 saturated heterocycles. The lowest BCUT2D eigenvalue weighted by Crippen LogP contribution is -2.25. The molecule has 0 spiro atoms. The molecule has 1 heterocycles. The van der Waals surface area contributed by atoms with Gasteiger partial charge in [-0.3, -0.25) is 0 Å². The summed E-state index contributed by atoms with van der Waals surface area (Å²) in [4.78, 5) is 0. The Balaban J connectivity index is 2.51. The van der Waals surface area contributed by atoms with E-state index in [0.717, 1.165) is 5.56 Å². The number of hydrogen-bond donors (Lipinski definition) is 2. The maximum atomic E-state index is 9.95. The number of rotatable bonds is 2. The van der Waals surface area contributed by atoms with E-state index >= 15 is 0 Å². The maximum Gasteiger partial charge on any atom is 0.231 e. The third kappa shape index (κ3) is 1.73. The molecule has 0 amide bonds. The Morgan fingerprint density at radius 1 is 1.50 bits per heavy atom. The van der Waals surface area contributed by atoms with Crippen molar-refractivity contribution in [2.75, 3.05) is 6.79 Å². The van der Waals surface area contributed by atoms with Crippen molar-refractivity contribution in [2.45, 2.75) is 26.0 Å². The fourth-order valence-electron chi connectivity index (χ4n) is 1.70. The Morgan fingerprint density at radius 3 is 2.81 bits per heavy atom. The zero-order valence-corrected chi connectivity index (χ0v) is 9.91. The van der Waals surface area contributed by atoms with Crippen molar-refractivity contribution in [3.05, 3.63) is 22.2 Å². The number of halogens is 1. The second-order valence-corrected chi connectivity index (χ2v) is 4.32. The molecule has 1 aromatic carbocycles. The minimum atomic E-state index is -0.757. The molecule has 0 fully saturated rings. The van der Waals surface area contributed by atoms with Crippen LogP contribution in [0, 0.1) is 6.92 Å². The predicted octanol–water partition coefficient (Wildman–Crippen LogP) is 1.76. The highest BCUT2D eigenvalue weighted by molar-refractivity contribution is 6.33. The molecule has 88 valence electrons. The molecule has 0 bridgehead atoms. The molecular weight excluding hydrogens is 230 g/mol. The van der Waals surface area contributed by atoms with Gasteiger partial charge in [-0.2, -0.15) is 0 Å². The second kappa shape index (κ2) is 4.13. The van der Waals surface area contributed by atoms with E-state index in [1.807, 2.05) is 6.92 Å². The molecule has 1 aliphatic rings.